The van der Waals surface area contributed by atoms with Crippen molar-refractivity contribution in [2.24, 2.45) is 5.18 Å². The predicted octanol–water partition coefficient (Wildman–Crippen LogP) is 7.09. The van der Waals surface area contributed by atoms with Crippen LogP contribution in [0.5, 0.6) is 11.5 Å². The lowest BCUT2D eigenvalue weighted by atomic mass is 9.82. The third-order valence-electron chi connectivity index (χ3n) is 5.66. The Hall–Kier alpha value is -3.66. The van der Waals surface area contributed by atoms with Crippen LogP contribution in [0.3, 0.4) is 0 Å². The largest absolute Gasteiger partial charge is 0.508 e. The summed E-state index contributed by atoms with van der Waals surface area (Å²) in [6.07, 6.45) is 6.31. The number of allylic oxidation sites excluding steroid dienone is 2. The van der Waals surface area contributed by atoms with Crippen LogP contribution in [0.15, 0.2) is 85.1 Å². The van der Waals surface area contributed by atoms with Crippen molar-refractivity contribution in [1.29, 1.82) is 0 Å². The van der Waals surface area contributed by atoms with E-state index in [9.17, 15) is 15.1 Å². The van der Waals surface area contributed by atoms with E-state index in [-0.39, 0.29) is 11.7 Å². The molecular weight excluding hydrogens is 398 g/mol. The molecule has 0 saturated carbocycles. The molecule has 4 nitrogen and oxygen atoms in total. The predicted molar refractivity (Wildman–Crippen MR) is 131 cm³/mol. The molecule has 0 spiro atoms. The number of benzene rings is 3. The summed E-state index contributed by atoms with van der Waals surface area (Å²) in [6, 6.07) is 17.0. The molecule has 0 aromatic heterocycles. The van der Waals surface area contributed by atoms with E-state index in [0.29, 0.717) is 24.3 Å². The minimum atomic E-state index is -0.153. The van der Waals surface area contributed by atoms with Crippen LogP contribution in [-0.2, 0) is 19.3 Å². The van der Waals surface area contributed by atoms with Gasteiger partial charge < -0.3 is 10.2 Å². The number of rotatable bonds is 10. The second-order valence-corrected chi connectivity index (χ2v) is 7.92. The van der Waals surface area contributed by atoms with Gasteiger partial charge in [-0.1, -0.05) is 61.9 Å². The lowest BCUT2D eigenvalue weighted by Crippen LogP contribution is -2.06. The number of hydrogen-bond donors (Lipinski definition) is 2. The monoisotopic (exact) mass is 427 g/mol. The highest BCUT2D eigenvalue weighted by molar-refractivity contribution is 5.55. The van der Waals surface area contributed by atoms with Crippen molar-refractivity contribution < 1.29 is 10.2 Å². The Kier molecular flexibility index (Phi) is 7.61. The van der Waals surface area contributed by atoms with Gasteiger partial charge in [-0.2, -0.15) is 0 Å². The molecule has 0 amide bonds. The van der Waals surface area contributed by atoms with E-state index < -0.39 is 0 Å². The number of nitrogens with zero attached hydrogens (tertiary/aromatic N) is 1. The lowest BCUT2D eigenvalue weighted by Gasteiger charge is -2.22. The quantitative estimate of drug-likeness (QED) is 0.206. The fraction of sp³-hybridized carbons (Fsp3) is 0.214. The van der Waals surface area contributed by atoms with Gasteiger partial charge in [-0.15, -0.1) is 18.1 Å². The molecule has 1 atom stereocenters. The fourth-order valence-electron chi connectivity index (χ4n) is 4.13. The van der Waals surface area contributed by atoms with Gasteiger partial charge >= 0.3 is 0 Å². The highest BCUT2D eigenvalue weighted by Crippen LogP contribution is 2.38. The van der Waals surface area contributed by atoms with Crippen LogP contribution in [0.4, 0.5) is 5.69 Å². The Morgan fingerprint density at radius 3 is 1.88 bits per heavy atom. The molecule has 3 aromatic rings. The number of phenols is 2. The van der Waals surface area contributed by atoms with Gasteiger partial charge in [0.2, 0.25) is 0 Å². The Morgan fingerprint density at radius 1 is 0.812 bits per heavy atom. The maximum atomic E-state index is 11.3. The summed E-state index contributed by atoms with van der Waals surface area (Å²) >= 11 is 0. The zero-order valence-corrected chi connectivity index (χ0v) is 18.4. The van der Waals surface area contributed by atoms with E-state index in [1.807, 2.05) is 36.4 Å². The van der Waals surface area contributed by atoms with Crippen LogP contribution in [0.25, 0.3) is 0 Å². The average Bonchev–Trinajstić information content (AvgIpc) is 2.79. The highest BCUT2D eigenvalue weighted by atomic mass is 16.3. The third kappa shape index (κ3) is 4.97. The molecule has 1 unspecified atom stereocenters. The molecule has 32 heavy (non-hydrogen) atoms. The molecule has 0 saturated heterocycles. The van der Waals surface area contributed by atoms with E-state index >= 15 is 0 Å². The topological polar surface area (TPSA) is 69.9 Å². The molecule has 0 radical (unpaired) electrons. The van der Waals surface area contributed by atoms with Crippen LogP contribution in [0, 0.1) is 4.91 Å². The molecule has 3 aromatic carbocycles. The molecular formula is C28H29NO3. The van der Waals surface area contributed by atoms with Crippen molar-refractivity contribution in [2.45, 2.75) is 38.5 Å². The fourth-order valence-corrected chi connectivity index (χ4v) is 4.13. The maximum Gasteiger partial charge on any atom is 0.119 e. The molecule has 0 aliphatic heterocycles. The number of aromatic hydroxyl groups is 2. The third-order valence-corrected chi connectivity index (χ3v) is 5.66. The van der Waals surface area contributed by atoms with E-state index in [0.717, 1.165) is 46.2 Å². The van der Waals surface area contributed by atoms with Gasteiger partial charge in [0.15, 0.2) is 0 Å². The Balaban J connectivity index is 2.23. The summed E-state index contributed by atoms with van der Waals surface area (Å²) in [7, 11) is 0. The molecule has 0 bridgehead atoms. The standard InChI is InChI=1S/C28H29NO3/c1-4-7-19-16-22(10-13-25(19)29-32)28(23-11-14-26(30)20(17-23)8-5-2)24-12-15-27(31)21(18-24)9-6-3/h4-5,10-18,28,30-31H,1-2,6-9H2,3H3. The normalized spacial score (nSPS) is 11.7. The summed E-state index contributed by atoms with van der Waals surface area (Å²) in [5.41, 5.74) is 5.95. The van der Waals surface area contributed by atoms with Crippen molar-refractivity contribution in [3.05, 3.63) is 118 Å². The zero-order chi connectivity index (χ0) is 23.1. The van der Waals surface area contributed by atoms with Gasteiger partial charge in [-0.3, -0.25) is 0 Å². The first-order valence-corrected chi connectivity index (χ1v) is 10.8. The smallest absolute Gasteiger partial charge is 0.119 e. The number of phenolic OH excluding ortho intramolecular Hbond substituents is 2. The van der Waals surface area contributed by atoms with Crippen LogP contribution < -0.4 is 0 Å². The zero-order valence-electron chi connectivity index (χ0n) is 18.4. The van der Waals surface area contributed by atoms with Crippen LogP contribution in [-0.4, -0.2) is 10.2 Å². The molecule has 2 N–H and O–H groups in total. The summed E-state index contributed by atoms with van der Waals surface area (Å²) in [4.78, 5) is 11.3. The average molecular weight is 428 g/mol. The molecule has 3 rings (SSSR count). The van der Waals surface area contributed by atoms with Gasteiger partial charge in [-0.25, -0.2) is 0 Å². The van der Waals surface area contributed by atoms with Crippen molar-refractivity contribution in [2.75, 3.05) is 0 Å². The van der Waals surface area contributed by atoms with Crippen molar-refractivity contribution in [3.8, 4) is 11.5 Å². The molecule has 0 aliphatic rings. The van der Waals surface area contributed by atoms with E-state index in [2.05, 4.69) is 25.3 Å². The number of nitroso groups, excluding NO2 is 1. The van der Waals surface area contributed by atoms with Gasteiger partial charge in [0.25, 0.3) is 0 Å². The molecule has 4 heteroatoms. The van der Waals surface area contributed by atoms with Gasteiger partial charge in [0, 0.05) is 5.92 Å². The molecule has 0 heterocycles. The van der Waals surface area contributed by atoms with E-state index in [4.69, 9.17) is 0 Å². The van der Waals surface area contributed by atoms with Crippen molar-refractivity contribution in [3.63, 3.8) is 0 Å². The van der Waals surface area contributed by atoms with E-state index in [1.54, 1.807) is 30.4 Å². The Bertz CT molecular complexity index is 1130. The summed E-state index contributed by atoms with van der Waals surface area (Å²) in [5.74, 6) is 0.373. The van der Waals surface area contributed by atoms with Gasteiger partial charge in [0.05, 0.1) is 0 Å². The second kappa shape index (κ2) is 10.6. The SMILES string of the molecule is C=CCc1cc(C(c2ccc(O)c(CCC)c2)c2ccc(N=O)c(CC=C)c2)ccc1O. The summed E-state index contributed by atoms with van der Waals surface area (Å²) in [5, 5.41) is 23.8. The molecule has 0 aliphatic carbocycles. The first-order valence-electron chi connectivity index (χ1n) is 10.8. The summed E-state index contributed by atoms with van der Waals surface area (Å²) < 4.78 is 0. The Labute approximate surface area is 189 Å². The first-order chi connectivity index (χ1) is 15.5. The maximum absolute atomic E-state index is 11.3. The van der Waals surface area contributed by atoms with Crippen molar-refractivity contribution >= 4 is 5.69 Å². The number of aryl methyl sites for hydroxylation is 1. The second-order valence-electron chi connectivity index (χ2n) is 7.92. The Morgan fingerprint density at radius 2 is 1.31 bits per heavy atom. The highest BCUT2D eigenvalue weighted by Gasteiger charge is 2.21. The van der Waals surface area contributed by atoms with Gasteiger partial charge in [-0.05, 0) is 76.0 Å². The minimum Gasteiger partial charge on any atom is -0.508 e. The molecule has 164 valence electrons. The molecule has 0 fully saturated rings. The van der Waals surface area contributed by atoms with Crippen LogP contribution >= 0.6 is 0 Å². The van der Waals surface area contributed by atoms with Crippen LogP contribution in [0.1, 0.15) is 52.6 Å². The van der Waals surface area contributed by atoms with Crippen molar-refractivity contribution in [1.82, 2.24) is 0 Å². The minimum absolute atomic E-state index is 0.153. The van der Waals surface area contributed by atoms with E-state index in [1.165, 1.54) is 0 Å². The summed E-state index contributed by atoms with van der Waals surface area (Å²) in [6.45, 7) is 9.67. The lowest BCUT2D eigenvalue weighted by molar-refractivity contribution is 0.467. The van der Waals surface area contributed by atoms with Gasteiger partial charge in [0.1, 0.15) is 17.2 Å². The first kappa shape index (κ1) is 23.0. The number of hydrogen-bond acceptors (Lipinski definition) is 4. The van der Waals surface area contributed by atoms with Crippen LogP contribution in [0.2, 0.25) is 0 Å².